The van der Waals surface area contributed by atoms with Crippen molar-refractivity contribution in [2.75, 3.05) is 11.9 Å². The number of hydrogen-bond donors (Lipinski definition) is 1. The Balaban J connectivity index is 2.64. The largest absolute Gasteiger partial charge is 0.385 e. The van der Waals surface area contributed by atoms with Gasteiger partial charge < -0.3 is 5.32 Å². The summed E-state index contributed by atoms with van der Waals surface area (Å²) in [6, 6.07) is 10.5. The second-order valence-electron chi connectivity index (χ2n) is 5.38. The second-order valence-corrected chi connectivity index (χ2v) is 5.38. The fourth-order valence-electron chi connectivity index (χ4n) is 1.91. The van der Waals surface area contributed by atoms with E-state index in [0.717, 1.165) is 23.7 Å². The third-order valence-corrected chi connectivity index (χ3v) is 3.64. The average molecular weight is 244 g/mol. The molecule has 18 heavy (non-hydrogen) atoms. The van der Waals surface area contributed by atoms with Crippen molar-refractivity contribution in [3.8, 4) is 6.07 Å². The molecule has 0 saturated carbocycles. The summed E-state index contributed by atoms with van der Waals surface area (Å²) in [5, 5.41) is 12.6. The van der Waals surface area contributed by atoms with Gasteiger partial charge in [-0.1, -0.05) is 38.8 Å². The Hall–Kier alpha value is -1.49. The molecule has 0 spiro atoms. The molecule has 0 radical (unpaired) electrons. The Kier molecular flexibility index (Phi) is 5.22. The quantitative estimate of drug-likeness (QED) is 0.808. The molecule has 2 nitrogen and oxygen atoms in total. The van der Waals surface area contributed by atoms with Crippen LogP contribution in [-0.2, 0) is 5.41 Å². The topological polar surface area (TPSA) is 35.8 Å². The van der Waals surface area contributed by atoms with Crippen molar-refractivity contribution >= 4 is 5.69 Å². The third-order valence-electron chi connectivity index (χ3n) is 3.64. The number of benzene rings is 1. The summed E-state index contributed by atoms with van der Waals surface area (Å²) in [5.74, 6) is 0.736. The molecule has 0 heterocycles. The Bertz CT molecular complexity index is 394. The predicted molar refractivity (Wildman–Crippen MR) is 77.6 cm³/mol. The number of nitrogens with zero attached hydrogens (tertiary/aromatic N) is 1. The first-order chi connectivity index (χ1) is 8.53. The summed E-state index contributed by atoms with van der Waals surface area (Å²) in [7, 11) is 0. The zero-order valence-corrected chi connectivity index (χ0v) is 12.0. The van der Waals surface area contributed by atoms with Crippen LogP contribution in [0.3, 0.4) is 0 Å². The fraction of sp³-hybridized carbons (Fsp3) is 0.562. The van der Waals surface area contributed by atoms with Crippen LogP contribution < -0.4 is 5.32 Å². The molecule has 1 rings (SSSR count). The number of rotatable bonds is 6. The maximum absolute atomic E-state index is 9.09. The molecule has 0 aliphatic rings. The standard InChI is InChI=1S/C16H24N2/c1-5-13(6-2)11-18-15-9-7-14(8-10-15)16(3,4)12-17/h7-10,13,18H,5-6,11H2,1-4H3. The fourth-order valence-corrected chi connectivity index (χ4v) is 1.91. The summed E-state index contributed by atoms with van der Waals surface area (Å²) in [6.45, 7) is 9.37. The van der Waals surface area contributed by atoms with Crippen LogP contribution in [-0.4, -0.2) is 6.54 Å². The van der Waals surface area contributed by atoms with E-state index in [1.54, 1.807) is 0 Å². The lowest BCUT2D eigenvalue weighted by Gasteiger charge is -2.17. The maximum atomic E-state index is 9.09. The van der Waals surface area contributed by atoms with Gasteiger partial charge in [0.15, 0.2) is 0 Å². The van der Waals surface area contributed by atoms with Gasteiger partial charge in [-0.25, -0.2) is 0 Å². The first kappa shape index (κ1) is 14.6. The van der Waals surface area contributed by atoms with E-state index < -0.39 is 5.41 Å². The number of nitrogens with one attached hydrogen (secondary N) is 1. The van der Waals surface area contributed by atoms with Crippen LogP contribution in [0.2, 0.25) is 0 Å². The van der Waals surface area contributed by atoms with Crippen molar-refractivity contribution in [2.24, 2.45) is 5.92 Å². The van der Waals surface area contributed by atoms with E-state index in [1.165, 1.54) is 12.8 Å². The molecular formula is C16H24N2. The van der Waals surface area contributed by atoms with E-state index in [1.807, 2.05) is 26.0 Å². The van der Waals surface area contributed by atoms with E-state index in [2.05, 4.69) is 37.4 Å². The highest BCUT2D eigenvalue weighted by molar-refractivity contribution is 5.46. The van der Waals surface area contributed by atoms with Crippen molar-refractivity contribution in [3.63, 3.8) is 0 Å². The van der Waals surface area contributed by atoms with Gasteiger partial charge in [-0.15, -0.1) is 0 Å². The van der Waals surface area contributed by atoms with Crippen molar-refractivity contribution in [2.45, 2.75) is 46.0 Å². The summed E-state index contributed by atoms with van der Waals surface area (Å²) in [4.78, 5) is 0. The molecule has 2 heteroatoms. The van der Waals surface area contributed by atoms with Crippen LogP contribution in [0.25, 0.3) is 0 Å². The van der Waals surface area contributed by atoms with Crippen molar-refractivity contribution in [1.29, 1.82) is 5.26 Å². The van der Waals surface area contributed by atoms with Gasteiger partial charge in [0.2, 0.25) is 0 Å². The zero-order valence-electron chi connectivity index (χ0n) is 12.0. The van der Waals surface area contributed by atoms with E-state index in [4.69, 9.17) is 5.26 Å². The highest BCUT2D eigenvalue weighted by atomic mass is 14.9. The summed E-state index contributed by atoms with van der Waals surface area (Å²) >= 11 is 0. The third kappa shape index (κ3) is 3.77. The molecule has 0 amide bonds. The van der Waals surface area contributed by atoms with Gasteiger partial charge in [-0.2, -0.15) is 5.26 Å². The predicted octanol–water partition coefficient (Wildman–Crippen LogP) is 4.34. The van der Waals surface area contributed by atoms with E-state index >= 15 is 0 Å². The maximum Gasteiger partial charge on any atom is 0.0766 e. The lowest BCUT2D eigenvalue weighted by atomic mass is 9.86. The van der Waals surface area contributed by atoms with Gasteiger partial charge >= 0.3 is 0 Å². The molecule has 98 valence electrons. The second kappa shape index (κ2) is 6.44. The van der Waals surface area contributed by atoms with Crippen molar-refractivity contribution in [3.05, 3.63) is 29.8 Å². The minimum absolute atomic E-state index is 0.409. The number of nitriles is 1. The molecule has 0 aromatic heterocycles. The van der Waals surface area contributed by atoms with Gasteiger partial charge in [-0.05, 0) is 37.5 Å². The Morgan fingerprint density at radius 2 is 1.72 bits per heavy atom. The van der Waals surface area contributed by atoms with Gasteiger partial charge in [-0.3, -0.25) is 0 Å². The molecule has 1 aromatic carbocycles. The average Bonchev–Trinajstić information content (AvgIpc) is 2.40. The highest BCUT2D eigenvalue weighted by Gasteiger charge is 2.19. The van der Waals surface area contributed by atoms with E-state index in [-0.39, 0.29) is 0 Å². The molecule has 1 N–H and O–H groups in total. The van der Waals surface area contributed by atoms with Crippen molar-refractivity contribution < 1.29 is 0 Å². The molecule has 0 aliphatic heterocycles. The zero-order chi connectivity index (χ0) is 13.6. The minimum atomic E-state index is -0.409. The van der Waals surface area contributed by atoms with E-state index in [9.17, 15) is 0 Å². The molecule has 0 unspecified atom stereocenters. The molecule has 0 saturated heterocycles. The molecule has 0 fully saturated rings. The SMILES string of the molecule is CCC(CC)CNc1ccc(C(C)(C)C#N)cc1. The number of hydrogen-bond acceptors (Lipinski definition) is 2. The van der Waals surface area contributed by atoms with Crippen LogP contribution in [0.15, 0.2) is 24.3 Å². The summed E-state index contributed by atoms with van der Waals surface area (Å²) in [5.41, 5.74) is 1.80. The van der Waals surface area contributed by atoms with Gasteiger partial charge in [0.05, 0.1) is 11.5 Å². The minimum Gasteiger partial charge on any atom is -0.385 e. The first-order valence-electron chi connectivity index (χ1n) is 6.79. The smallest absolute Gasteiger partial charge is 0.0766 e. The van der Waals surface area contributed by atoms with Crippen molar-refractivity contribution in [1.82, 2.24) is 0 Å². The summed E-state index contributed by atoms with van der Waals surface area (Å²) < 4.78 is 0. The van der Waals surface area contributed by atoms with Gasteiger partial charge in [0.25, 0.3) is 0 Å². The lowest BCUT2D eigenvalue weighted by Crippen LogP contribution is -2.15. The molecule has 0 atom stereocenters. The normalized spacial score (nSPS) is 11.3. The van der Waals surface area contributed by atoms with E-state index in [0.29, 0.717) is 0 Å². The molecular weight excluding hydrogens is 220 g/mol. The van der Waals surface area contributed by atoms with Crippen LogP contribution in [0.1, 0.15) is 46.1 Å². The molecule has 0 aliphatic carbocycles. The molecule has 1 aromatic rings. The van der Waals surface area contributed by atoms with Crippen LogP contribution in [0.5, 0.6) is 0 Å². The van der Waals surface area contributed by atoms with Gasteiger partial charge in [0.1, 0.15) is 0 Å². The Morgan fingerprint density at radius 3 is 2.17 bits per heavy atom. The Morgan fingerprint density at radius 1 is 1.17 bits per heavy atom. The van der Waals surface area contributed by atoms with Gasteiger partial charge in [0, 0.05) is 12.2 Å². The highest BCUT2D eigenvalue weighted by Crippen LogP contribution is 2.23. The first-order valence-corrected chi connectivity index (χ1v) is 6.79. The Labute approximate surface area is 111 Å². The monoisotopic (exact) mass is 244 g/mol. The number of anilines is 1. The van der Waals surface area contributed by atoms with Crippen LogP contribution >= 0.6 is 0 Å². The molecule has 0 bridgehead atoms. The van der Waals surface area contributed by atoms with Crippen LogP contribution in [0.4, 0.5) is 5.69 Å². The lowest BCUT2D eigenvalue weighted by molar-refractivity contribution is 0.519. The summed E-state index contributed by atoms with van der Waals surface area (Å²) in [6.07, 6.45) is 2.42. The van der Waals surface area contributed by atoms with Crippen LogP contribution in [0, 0.1) is 17.2 Å².